The molecule has 1 saturated heterocycles. The van der Waals surface area contributed by atoms with E-state index in [9.17, 15) is 8.42 Å². The van der Waals surface area contributed by atoms with Gasteiger partial charge in [0.1, 0.15) is 5.75 Å². The largest absolute Gasteiger partial charge is 0.494 e. The second kappa shape index (κ2) is 7.22. The van der Waals surface area contributed by atoms with Crippen LogP contribution in [0.1, 0.15) is 19.8 Å². The molecule has 0 aromatic heterocycles. The highest BCUT2D eigenvalue weighted by Gasteiger charge is 2.29. The van der Waals surface area contributed by atoms with E-state index in [0.29, 0.717) is 42.9 Å². The number of nitrogens with zero attached hydrogens (tertiary/aromatic N) is 1. The van der Waals surface area contributed by atoms with E-state index in [1.165, 1.54) is 4.31 Å². The molecule has 1 fully saturated rings. The first-order valence-corrected chi connectivity index (χ1v) is 8.56. The molecule has 2 N–H and O–H groups in total. The number of benzene rings is 1. The fraction of sp³-hybridized carbons (Fsp3) is 0.571. The molecule has 0 saturated carbocycles. The average molecular weight is 314 g/mol. The number of hydrogen-bond donors (Lipinski definition) is 1. The first-order chi connectivity index (χ1) is 10.1. The number of sulfonamides is 1. The summed E-state index contributed by atoms with van der Waals surface area (Å²) in [6, 6.07) is 6.56. The maximum absolute atomic E-state index is 12.6. The molecule has 1 aromatic rings. The van der Waals surface area contributed by atoms with Crippen molar-refractivity contribution >= 4 is 10.0 Å². The van der Waals surface area contributed by atoms with E-state index in [-0.39, 0.29) is 0 Å². The van der Waals surface area contributed by atoms with Crippen molar-refractivity contribution in [1.82, 2.24) is 4.31 Å². The second-order valence-corrected chi connectivity index (χ2v) is 7.02. The molecule has 0 unspecified atom stereocenters. The molecular weight excluding hydrogens is 292 g/mol. The summed E-state index contributed by atoms with van der Waals surface area (Å²) in [5, 5.41) is 0. The van der Waals surface area contributed by atoms with Crippen LogP contribution in [0.4, 0.5) is 0 Å². The normalized spacial score (nSPS) is 17.8. The molecule has 0 atom stereocenters. The number of rotatable bonds is 6. The van der Waals surface area contributed by atoms with Crippen LogP contribution >= 0.6 is 0 Å². The molecule has 1 aliphatic heterocycles. The van der Waals surface area contributed by atoms with Gasteiger partial charge in [-0.15, -0.1) is 0 Å². The van der Waals surface area contributed by atoms with Crippen LogP contribution in [0.25, 0.3) is 0 Å². The van der Waals surface area contributed by atoms with Crippen LogP contribution in [-0.4, -0.2) is 39.0 Å². The molecule has 1 heterocycles. The number of ether oxygens (including phenoxy) is 1. The third-order valence-corrected chi connectivity index (χ3v) is 5.59. The summed E-state index contributed by atoms with van der Waals surface area (Å²) in [7, 11) is -3.43. The van der Waals surface area contributed by atoms with Crippen LogP contribution in [0, 0.1) is 5.92 Å². The van der Waals surface area contributed by atoms with Crippen LogP contribution in [0.5, 0.6) is 5.75 Å². The molecule has 0 spiro atoms. The minimum Gasteiger partial charge on any atom is -0.494 e. The highest BCUT2D eigenvalue weighted by atomic mass is 32.2. The highest BCUT2D eigenvalue weighted by Crippen LogP contribution is 2.25. The minimum absolute atomic E-state index is 0.305. The third kappa shape index (κ3) is 3.94. The van der Waals surface area contributed by atoms with Crippen molar-refractivity contribution in [2.24, 2.45) is 11.8 Å². The monoisotopic (exact) mass is 314 g/mol. The molecule has 7 heteroatoms. The summed E-state index contributed by atoms with van der Waals surface area (Å²) in [5.74, 6) is 6.08. The van der Waals surface area contributed by atoms with E-state index in [0.717, 1.165) is 12.8 Å². The van der Waals surface area contributed by atoms with Crippen LogP contribution in [-0.2, 0) is 14.9 Å². The topological polar surface area (TPSA) is 81.9 Å². The molecule has 1 aromatic carbocycles. The zero-order chi connectivity index (χ0) is 15.3. The van der Waals surface area contributed by atoms with Gasteiger partial charge in [0.2, 0.25) is 10.0 Å². The van der Waals surface area contributed by atoms with Gasteiger partial charge in [-0.3, -0.25) is 0 Å². The van der Waals surface area contributed by atoms with Crippen LogP contribution in [0.3, 0.4) is 0 Å². The third-order valence-electron chi connectivity index (χ3n) is 3.68. The predicted molar refractivity (Wildman–Crippen MR) is 79.2 cm³/mol. The van der Waals surface area contributed by atoms with Gasteiger partial charge in [0.25, 0.3) is 0 Å². The second-order valence-electron chi connectivity index (χ2n) is 5.09. The molecule has 118 valence electrons. The van der Waals surface area contributed by atoms with Gasteiger partial charge in [-0.2, -0.15) is 4.31 Å². The van der Waals surface area contributed by atoms with E-state index in [2.05, 4.69) is 4.84 Å². The lowest BCUT2D eigenvalue weighted by molar-refractivity contribution is 0.0805. The maximum Gasteiger partial charge on any atom is 0.243 e. The highest BCUT2D eigenvalue weighted by molar-refractivity contribution is 7.89. The van der Waals surface area contributed by atoms with Gasteiger partial charge < -0.3 is 9.57 Å². The zero-order valence-corrected chi connectivity index (χ0v) is 13.0. The fourth-order valence-electron chi connectivity index (χ4n) is 2.48. The van der Waals surface area contributed by atoms with E-state index >= 15 is 0 Å². The Morgan fingerprint density at radius 1 is 1.24 bits per heavy atom. The molecule has 0 radical (unpaired) electrons. The Kier molecular flexibility index (Phi) is 5.58. The number of piperidine rings is 1. The van der Waals surface area contributed by atoms with Gasteiger partial charge in [-0.05, 0) is 49.9 Å². The van der Waals surface area contributed by atoms with Gasteiger partial charge in [-0.1, -0.05) is 0 Å². The Balaban J connectivity index is 2.04. The quantitative estimate of drug-likeness (QED) is 0.802. The Hall–Kier alpha value is -1.15. The van der Waals surface area contributed by atoms with Crippen LogP contribution in [0.15, 0.2) is 29.2 Å². The Labute approximate surface area is 125 Å². The zero-order valence-electron chi connectivity index (χ0n) is 12.2. The van der Waals surface area contributed by atoms with Crippen molar-refractivity contribution in [2.75, 3.05) is 26.3 Å². The molecular formula is C14H22N2O4S. The van der Waals surface area contributed by atoms with Crippen molar-refractivity contribution in [3.63, 3.8) is 0 Å². The Morgan fingerprint density at radius 3 is 2.38 bits per heavy atom. The van der Waals surface area contributed by atoms with Crippen molar-refractivity contribution in [2.45, 2.75) is 24.7 Å². The number of hydrogen-bond acceptors (Lipinski definition) is 5. The van der Waals surface area contributed by atoms with Gasteiger partial charge in [-0.25, -0.2) is 14.3 Å². The fourth-order valence-corrected chi connectivity index (χ4v) is 3.95. The van der Waals surface area contributed by atoms with Crippen molar-refractivity contribution in [3.8, 4) is 5.75 Å². The molecule has 6 nitrogen and oxygen atoms in total. The number of nitrogens with two attached hydrogens (primary N) is 1. The molecule has 0 bridgehead atoms. The predicted octanol–water partition coefficient (Wildman–Crippen LogP) is 1.38. The molecule has 2 rings (SSSR count). The molecule has 1 aliphatic rings. The summed E-state index contributed by atoms with van der Waals surface area (Å²) < 4.78 is 31.9. The summed E-state index contributed by atoms with van der Waals surface area (Å²) in [5.41, 5.74) is 0. The Morgan fingerprint density at radius 2 is 1.86 bits per heavy atom. The van der Waals surface area contributed by atoms with Gasteiger partial charge >= 0.3 is 0 Å². The van der Waals surface area contributed by atoms with E-state index in [4.69, 9.17) is 10.6 Å². The lowest BCUT2D eigenvalue weighted by Crippen LogP contribution is -2.39. The van der Waals surface area contributed by atoms with Crippen LogP contribution in [0.2, 0.25) is 0 Å². The smallest absolute Gasteiger partial charge is 0.243 e. The van der Waals surface area contributed by atoms with Gasteiger partial charge in [0.15, 0.2) is 0 Å². The van der Waals surface area contributed by atoms with Crippen molar-refractivity contribution < 1.29 is 18.0 Å². The lowest BCUT2D eigenvalue weighted by Gasteiger charge is -2.30. The van der Waals surface area contributed by atoms with Crippen molar-refractivity contribution in [3.05, 3.63) is 24.3 Å². The summed E-state index contributed by atoms with van der Waals surface area (Å²) in [4.78, 5) is 4.95. The summed E-state index contributed by atoms with van der Waals surface area (Å²) in [6.07, 6.45) is 1.54. The maximum atomic E-state index is 12.6. The SMILES string of the molecule is CCOc1ccc(S(=O)(=O)N2CCC(CON)CC2)cc1. The molecule has 0 amide bonds. The lowest BCUT2D eigenvalue weighted by atomic mass is 9.99. The first kappa shape index (κ1) is 16.2. The minimum atomic E-state index is -3.43. The van der Waals surface area contributed by atoms with E-state index < -0.39 is 10.0 Å². The van der Waals surface area contributed by atoms with E-state index in [1.54, 1.807) is 24.3 Å². The summed E-state index contributed by atoms with van der Waals surface area (Å²) >= 11 is 0. The van der Waals surface area contributed by atoms with E-state index in [1.807, 2.05) is 6.92 Å². The van der Waals surface area contributed by atoms with Gasteiger partial charge in [0.05, 0.1) is 18.1 Å². The first-order valence-electron chi connectivity index (χ1n) is 7.12. The standard InChI is InChI=1S/C14H22N2O4S/c1-2-19-13-3-5-14(6-4-13)21(17,18)16-9-7-12(8-10-16)11-20-15/h3-6,12H,2,7-11,15H2,1H3. The Bertz CT molecular complexity index is 537. The molecule has 21 heavy (non-hydrogen) atoms. The van der Waals surface area contributed by atoms with Gasteiger partial charge in [0, 0.05) is 13.1 Å². The summed E-state index contributed by atoms with van der Waals surface area (Å²) in [6.45, 7) is 3.94. The molecule has 0 aliphatic carbocycles. The van der Waals surface area contributed by atoms with Crippen LogP contribution < -0.4 is 10.6 Å². The van der Waals surface area contributed by atoms with Crippen molar-refractivity contribution in [1.29, 1.82) is 0 Å². The average Bonchev–Trinajstić information content (AvgIpc) is 2.49.